The van der Waals surface area contributed by atoms with E-state index in [1.54, 1.807) is 0 Å². The molecule has 1 fully saturated rings. The predicted molar refractivity (Wildman–Crippen MR) is 34.1 cm³/mol. The number of quaternary nitrogens is 1. The minimum absolute atomic E-state index is 0. The highest BCUT2D eigenvalue weighted by atomic mass is 35.5. The van der Waals surface area contributed by atoms with Crippen molar-refractivity contribution in [1.82, 2.24) is 0 Å². The zero-order valence-electron chi connectivity index (χ0n) is 5.10. The Morgan fingerprint density at radius 2 is 1.89 bits per heavy atom. The monoisotopic (exact) mass is 167 g/mol. The molecule has 2 nitrogen and oxygen atoms in total. The zero-order valence-corrected chi connectivity index (χ0v) is 6.67. The van der Waals surface area contributed by atoms with E-state index in [0.717, 1.165) is 35.9 Å². The van der Waals surface area contributed by atoms with Gasteiger partial charge in [-0.1, -0.05) is 0 Å². The van der Waals surface area contributed by atoms with Crippen LogP contribution >= 0.6 is 11.8 Å². The first-order chi connectivity index (χ1) is 3.93. The second kappa shape index (κ2) is 5.09. The maximum Gasteiger partial charge on any atom is 0.299 e. The van der Waals surface area contributed by atoms with Gasteiger partial charge in [0.05, 0.1) is 13.1 Å². The van der Waals surface area contributed by atoms with E-state index >= 15 is 0 Å². The lowest BCUT2D eigenvalue weighted by Crippen LogP contribution is -3.12. The number of amides is 1. The first-order valence-corrected chi connectivity index (χ1v) is 3.96. The molecule has 0 aromatic carbocycles. The molecule has 0 atom stereocenters. The lowest BCUT2D eigenvalue weighted by Gasteiger charge is -2.15. The summed E-state index contributed by atoms with van der Waals surface area (Å²) in [4.78, 5) is 11.2. The molecule has 1 aliphatic rings. The van der Waals surface area contributed by atoms with Crippen molar-refractivity contribution >= 4 is 18.2 Å². The Labute approximate surface area is 65.4 Å². The lowest BCUT2D eigenvalue weighted by molar-refractivity contribution is -0.806. The second-order valence-electron chi connectivity index (χ2n) is 1.89. The van der Waals surface area contributed by atoms with Gasteiger partial charge in [-0.2, -0.15) is 11.8 Å². The van der Waals surface area contributed by atoms with E-state index in [0.29, 0.717) is 0 Å². The third-order valence-electron chi connectivity index (χ3n) is 1.30. The van der Waals surface area contributed by atoms with Crippen molar-refractivity contribution in [2.45, 2.75) is 0 Å². The van der Waals surface area contributed by atoms with Crippen molar-refractivity contribution in [2.24, 2.45) is 0 Å². The van der Waals surface area contributed by atoms with Gasteiger partial charge in [0.15, 0.2) is 0 Å². The van der Waals surface area contributed by atoms with Crippen LogP contribution in [0.5, 0.6) is 0 Å². The van der Waals surface area contributed by atoms with Crippen molar-refractivity contribution < 1.29 is 22.1 Å². The quantitative estimate of drug-likeness (QED) is 0.400. The van der Waals surface area contributed by atoms with Crippen LogP contribution in [0, 0.1) is 0 Å². The van der Waals surface area contributed by atoms with Crippen molar-refractivity contribution in [3.05, 3.63) is 0 Å². The van der Waals surface area contributed by atoms with Crippen molar-refractivity contribution in [3.8, 4) is 0 Å². The maximum absolute atomic E-state index is 10.1. The van der Waals surface area contributed by atoms with Crippen LogP contribution in [0.4, 0.5) is 0 Å². The molecule has 0 radical (unpaired) electrons. The number of hydrogen-bond donors (Lipinski definition) is 1. The molecule has 4 heteroatoms. The van der Waals surface area contributed by atoms with E-state index in [2.05, 4.69) is 0 Å². The fourth-order valence-corrected chi connectivity index (χ4v) is 1.77. The third kappa shape index (κ3) is 3.08. The first-order valence-electron chi connectivity index (χ1n) is 2.81. The summed E-state index contributed by atoms with van der Waals surface area (Å²) >= 11 is 1.93. The van der Waals surface area contributed by atoms with Crippen LogP contribution < -0.4 is 17.3 Å². The Morgan fingerprint density at radius 3 is 2.22 bits per heavy atom. The van der Waals surface area contributed by atoms with Gasteiger partial charge in [-0.3, -0.25) is 4.90 Å². The standard InChI is InChI=1S/C5H9NOS.ClH/c7-5-6-1-3-8-4-2-6;/h5H,1-4H2;1H. The number of carbonyl (C=O) groups is 1. The molecule has 0 unspecified atom stereocenters. The van der Waals surface area contributed by atoms with Crippen LogP contribution in [0.3, 0.4) is 0 Å². The molecule has 9 heavy (non-hydrogen) atoms. The SMILES string of the molecule is O=C[NH+]1CCSCC1.[Cl-]. The van der Waals surface area contributed by atoms with Gasteiger partial charge in [0.1, 0.15) is 0 Å². The summed E-state index contributed by atoms with van der Waals surface area (Å²) in [7, 11) is 0. The summed E-state index contributed by atoms with van der Waals surface area (Å²) in [6.45, 7) is 2.04. The number of halogens is 1. The normalized spacial score (nSPS) is 20.4. The van der Waals surface area contributed by atoms with Crippen LogP contribution in [0.2, 0.25) is 0 Å². The molecular weight excluding hydrogens is 158 g/mol. The molecule has 1 N–H and O–H groups in total. The summed E-state index contributed by atoms with van der Waals surface area (Å²) in [5.41, 5.74) is 0. The van der Waals surface area contributed by atoms with Crippen molar-refractivity contribution in [2.75, 3.05) is 24.6 Å². The minimum atomic E-state index is 0. The van der Waals surface area contributed by atoms with Crippen LogP contribution in [0.15, 0.2) is 0 Å². The van der Waals surface area contributed by atoms with Crippen LogP contribution in [0.1, 0.15) is 0 Å². The van der Waals surface area contributed by atoms with E-state index in [1.807, 2.05) is 11.8 Å². The first kappa shape index (κ1) is 9.27. The van der Waals surface area contributed by atoms with E-state index in [9.17, 15) is 4.79 Å². The smallest absolute Gasteiger partial charge is 0.299 e. The van der Waals surface area contributed by atoms with Gasteiger partial charge in [-0.25, -0.2) is 4.79 Å². The Balaban J connectivity index is 0.000000640. The molecular formula is C5H10ClNOS. The van der Waals surface area contributed by atoms with Gasteiger partial charge in [-0.05, 0) is 0 Å². The summed E-state index contributed by atoms with van der Waals surface area (Å²) < 4.78 is 0. The molecule has 0 aliphatic carbocycles. The molecule has 1 aliphatic heterocycles. The summed E-state index contributed by atoms with van der Waals surface area (Å²) in [5, 5.41) is 0. The fourth-order valence-electron chi connectivity index (χ4n) is 0.751. The Kier molecular flexibility index (Phi) is 5.24. The number of carbonyl (C=O) groups excluding carboxylic acids is 1. The molecule has 54 valence electrons. The summed E-state index contributed by atoms with van der Waals surface area (Å²) in [5.74, 6) is 2.29. The lowest BCUT2D eigenvalue weighted by atomic mass is 10.5. The van der Waals surface area contributed by atoms with Gasteiger partial charge >= 0.3 is 0 Å². The van der Waals surface area contributed by atoms with Crippen LogP contribution in [-0.2, 0) is 4.79 Å². The van der Waals surface area contributed by atoms with Gasteiger partial charge in [0, 0.05) is 11.5 Å². The molecule has 0 bridgehead atoms. The fraction of sp³-hybridized carbons (Fsp3) is 0.800. The van der Waals surface area contributed by atoms with E-state index < -0.39 is 0 Å². The van der Waals surface area contributed by atoms with Crippen LogP contribution in [-0.4, -0.2) is 31.0 Å². The molecule has 1 rings (SSSR count). The predicted octanol–water partition coefficient (Wildman–Crippen LogP) is -4.22. The largest absolute Gasteiger partial charge is 1.00 e. The van der Waals surface area contributed by atoms with E-state index in [-0.39, 0.29) is 12.4 Å². The molecule has 1 saturated heterocycles. The van der Waals surface area contributed by atoms with E-state index in [4.69, 9.17) is 0 Å². The summed E-state index contributed by atoms with van der Waals surface area (Å²) in [6, 6.07) is 0. The molecule has 1 heterocycles. The molecule has 0 aromatic heterocycles. The maximum atomic E-state index is 10.1. The third-order valence-corrected chi connectivity index (χ3v) is 2.29. The molecule has 0 spiro atoms. The topological polar surface area (TPSA) is 21.5 Å². The van der Waals surface area contributed by atoms with Gasteiger partial charge in [0.2, 0.25) is 0 Å². The molecule has 0 saturated carbocycles. The Bertz CT molecular complexity index is 85.0. The van der Waals surface area contributed by atoms with E-state index in [1.165, 1.54) is 0 Å². The Morgan fingerprint density at radius 1 is 1.33 bits per heavy atom. The summed E-state index contributed by atoms with van der Waals surface area (Å²) in [6.07, 6.45) is 1.01. The van der Waals surface area contributed by atoms with Crippen molar-refractivity contribution in [3.63, 3.8) is 0 Å². The number of nitrogens with one attached hydrogen (secondary N) is 1. The minimum Gasteiger partial charge on any atom is -1.00 e. The average molecular weight is 168 g/mol. The highest BCUT2D eigenvalue weighted by Crippen LogP contribution is 1.96. The average Bonchev–Trinajstić information content (AvgIpc) is 1.90. The molecule has 0 aromatic rings. The molecule has 1 amide bonds. The van der Waals surface area contributed by atoms with Crippen LogP contribution in [0.25, 0.3) is 0 Å². The highest BCUT2D eigenvalue weighted by molar-refractivity contribution is 7.99. The Hall–Kier alpha value is 0.270. The number of hydrogen-bond acceptors (Lipinski definition) is 2. The van der Waals surface area contributed by atoms with Crippen molar-refractivity contribution in [1.29, 1.82) is 0 Å². The van der Waals surface area contributed by atoms with Gasteiger partial charge in [-0.15, -0.1) is 0 Å². The zero-order chi connectivity index (χ0) is 5.82. The second-order valence-corrected chi connectivity index (χ2v) is 3.11. The van der Waals surface area contributed by atoms with Gasteiger partial charge in [0.25, 0.3) is 6.41 Å². The highest BCUT2D eigenvalue weighted by Gasteiger charge is 2.10. The number of rotatable bonds is 1. The number of thioether (sulfide) groups is 1. The van der Waals surface area contributed by atoms with Gasteiger partial charge < -0.3 is 12.4 Å².